The van der Waals surface area contributed by atoms with Gasteiger partial charge in [0.2, 0.25) is 0 Å². The molecule has 0 N–H and O–H groups in total. The van der Waals surface area contributed by atoms with E-state index in [1.165, 1.54) is 5.56 Å². The molecule has 4 aromatic rings. The molecule has 0 saturated heterocycles. The average molecular weight is 593 g/mol. The third kappa shape index (κ3) is 7.57. The third-order valence-corrected chi connectivity index (χ3v) is 8.42. The minimum Gasteiger partial charge on any atom is -0.490 e. The van der Waals surface area contributed by atoms with Crippen molar-refractivity contribution in [3.63, 3.8) is 0 Å². The molecule has 0 aliphatic carbocycles. The van der Waals surface area contributed by atoms with Gasteiger partial charge in [-0.25, -0.2) is 4.79 Å². The molecule has 0 aromatic heterocycles. The van der Waals surface area contributed by atoms with Crippen molar-refractivity contribution in [1.29, 1.82) is 0 Å². The fourth-order valence-electron chi connectivity index (χ4n) is 4.90. The van der Waals surface area contributed by atoms with Gasteiger partial charge >= 0.3 is 5.97 Å². The van der Waals surface area contributed by atoms with E-state index in [2.05, 4.69) is 58.9 Å². The fourth-order valence-corrected chi connectivity index (χ4v) is 4.90. The second-order valence-corrected chi connectivity index (χ2v) is 12.1. The maximum absolute atomic E-state index is 13.0. The van der Waals surface area contributed by atoms with Crippen molar-refractivity contribution in [2.24, 2.45) is 5.92 Å². The number of carbonyl (C=O) groups excluding carboxylic acids is 2. The van der Waals surface area contributed by atoms with Gasteiger partial charge in [-0.15, -0.1) is 0 Å². The minimum absolute atomic E-state index is 0.00919. The maximum Gasteiger partial charge on any atom is 0.343 e. The predicted octanol–water partition coefficient (Wildman–Crippen LogP) is 10.0. The van der Waals surface area contributed by atoms with Crippen LogP contribution in [-0.4, -0.2) is 17.9 Å². The van der Waals surface area contributed by atoms with Crippen molar-refractivity contribution in [3.8, 4) is 23.0 Å². The van der Waals surface area contributed by atoms with E-state index in [0.29, 0.717) is 28.4 Å². The Kier molecular flexibility index (Phi) is 10.3. The van der Waals surface area contributed by atoms with Gasteiger partial charge in [0, 0.05) is 16.9 Å². The summed E-state index contributed by atoms with van der Waals surface area (Å²) in [4.78, 5) is 25.4. The van der Waals surface area contributed by atoms with Crippen LogP contribution in [0.3, 0.4) is 0 Å². The molecule has 0 aliphatic heterocycles. The van der Waals surface area contributed by atoms with Crippen molar-refractivity contribution in [3.05, 3.63) is 118 Å². The first-order valence-corrected chi connectivity index (χ1v) is 15.5. The minimum atomic E-state index is -0.438. The van der Waals surface area contributed by atoms with Gasteiger partial charge in [0.05, 0.1) is 11.7 Å². The number of rotatable bonds is 12. The number of aryl methyl sites for hydroxylation is 2. The largest absolute Gasteiger partial charge is 0.490 e. The van der Waals surface area contributed by atoms with Gasteiger partial charge in [-0.3, -0.25) is 4.79 Å². The highest BCUT2D eigenvalue weighted by molar-refractivity contribution is 5.97. The number of Topliss-reactive ketones (excluding diaryl/α,β-unsaturated/α-hetero) is 1. The summed E-state index contributed by atoms with van der Waals surface area (Å²) >= 11 is 0. The van der Waals surface area contributed by atoms with Crippen molar-refractivity contribution in [2.75, 3.05) is 0 Å². The summed E-state index contributed by atoms with van der Waals surface area (Å²) in [7, 11) is 0. The molecular weight excluding hydrogens is 548 g/mol. The number of ether oxygens (including phenoxy) is 3. The Labute approximate surface area is 262 Å². The van der Waals surface area contributed by atoms with Crippen molar-refractivity contribution in [2.45, 2.75) is 79.8 Å². The quantitative estimate of drug-likeness (QED) is 0.0930. The lowest BCUT2D eigenvalue weighted by Crippen LogP contribution is -2.20. The van der Waals surface area contributed by atoms with Crippen LogP contribution in [0.4, 0.5) is 0 Å². The molecule has 0 amide bonds. The Morgan fingerprint density at radius 2 is 1.18 bits per heavy atom. The maximum atomic E-state index is 13.0. The molecule has 0 spiro atoms. The second kappa shape index (κ2) is 13.9. The standard InChI is InChI=1S/C39H44O5/c1-9-25(3)37(40)29-11-17-33(18-12-29)43-34-19-13-30(14-20-34)38(41)44-36-22-16-32(24-27(36)5)39(7,8)31-15-21-35(26(4)23-31)42-28(6)10-2/h11-25,28H,9-10H2,1-8H3. The van der Waals surface area contributed by atoms with Gasteiger partial charge < -0.3 is 14.2 Å². The number of carbonyl (C=O) groups is 2. The van der Waals surface area contributed by atoms with Crippen LogP contribution < -0.4 is 14.2 Å². The third-order valence-electron chi connectivity index (χ3n) is 8.42. The van der Waals surface area contributed by atoms with Crippen LogP contribution in [0.1, 0.15) is 97.4 Å². The highest BCUT2D eigenvalue weighted by Crippen LogP contribution is 2.36. The molecule has 0 heterocycles. The second-order valence-electron chi connectivity index (χ2n) is 12.1. The molecule has 5 heteroatoms. The summed E-state index contributed by atoms with van der Waals surface area (Å²) in [5, 5.41) is 0. The summed E-state index contributed by atoms with van der Waals surface area (Å²) in [6, 6.07) is 26.3. The van der Waals surface area contributed by atoms with Crippen molar-refractivity contribution < 1.29 is 23.8 Å². The summed E-state index contributed by atoms with van der Waals surface area (Å²) in [6.07, 6.45) is 1.94. The lowest BCUT2D eigenvalue weighted by atomic mass is 9.77. The molecule has 0 bridgehead atoms. The first kappa shape index (κ1) is 32.5. The van der Waals surface area contributed by atoms with Crippen LogP contribution in [0.2, 0.25) is 0 Å². The van der Waals surface area contributed by atoms with Crippen LogP contribution in [0, 0.1) is 19.8 Å². The number of benzene rings is 4. The van der Waals surface area contributed by atoms with E-state index in [0.717, 1.165) is 35.3 Å². The van der Waals surface area contributed by atoms with Gasteiger partial charge in [-0.2, -0.15) is 0 Å². The SMILES string of the molecule is CCC(C)Oc1ccc(C(C)(C)c2ccc(OC(=O)c3ccc(Oc4ccc(C(=O)C(C)CC)cc4)cc3)c(C)c2)cc1C. The molecule has 2 atom stereocenters. The topological polar surface area (TPSA) is 61.8 Å². The van der Waals surface area contributed by atoms with Crippen LogP contribution in [0.15, 0.2) is 84.9 Å². The van der Waals surface area contributed by atoms with Crippen molar-refractivity contribution in [1.82, 2.24) is 0 Å². The normalized spacial score (nSPS) is 12.7. The molecule has 4 aromatic carbocycles. The number of hydrogen-bond acceptors (Lipinski definition) is 5. The summed E-state index contributed by atoms with van der Waals surface area (Å²) in [5.41, 5.74) is 5.15. The van der Waals surface area contributed by atoms with Crippen LogP contribution in [0.25, 0.3) is 0 Å². The van der Waals surface area contributed by atoms with E-state index in [4.69, 9.17) is 14.2 Å². The summed E-state index contributed by atoms with van der Waals surface area (Å²) < 4.78 is 17.8. The summed E-state index contributed by atoms with van der Waals surface area (Å²) in [6.45, 7) is 16.6. The highest BCUT2D eigenvalue weighted by Gasteiger charge is 2.25. The average Bonchev–Trinajstić information content (AvgIpc) is 3.02. The first-order chi connectivity index (χ1) is 20.9. The zero-order chi connectivity index (χ0) is 32.0. The van der Waals surface area contributed by atoms with E-state index in [1.807, 2.05) is 32.9 Å². The Morgan fingerprint density at radius 1 is 0.682 bits per heavy atom. The molecule has 0 aliphatic rings. The number of esters is 1. The molecular formula is C39H44O5. The summed E-state index contributed by atoms with van der Waals surface area (Å²) in [5.74, 6) is 2.32. The fraction of sp³-hybridized carbons (Fsp3) is 0.333. The molecule has 44 heavy (non-hydrogen) atoms. The predicted molar refractivity (Wildman–Crippen MR) is 177 cm³/mol. The van der Waals surface area contributed by atoms with Gasteiger partial charge in [0.15, 0.2) is 5.78 Å². The van der Waals surface area contributed by atoms with Gasteiger partial charge in [0.1, 0.15) is 23.0 Å². The molecule has 2 unspecified atom stereocenters. The van der Waals surface area contributed by atoms with E-state index >= 15 is 0 Å². The lowest BCUT2D eigenvalue weighted by Gasteiger charge is -2.28. The molecule has 0 radical (unpaired) electrons. The Morgan fingerprint density at radius 3 is 1.66 bits per heavy atom. The first-order valence-electron chi connectivity index (χ1n) is 15.5. The number of ketones is 1. The molecule has 0 fully saturated rings. The Bertz CT molecular complexity index is 1600. The van der Waals surface area contributed by atoms with Gasteiger partial charge in [-0.1, -0.05) is 58.9 Å². The zero-order valence-corrected chi connectivity index (χ0v) is 27.2. The Balaban J connectivity index is 1.41. The highest BCUT2D eigenvalue weighted by atomic mass is 16.5. The van der Waals surface area contributed by atoms with Crippen LogP contribution in [-0.2, 0) is 5.41 Å². The zero-order valence-electron chi connectivity index (χ0n) is 27.2. The van der Waals surface area contributed by atoms with E-state index < -0.39 is 5.97 Å². The smallest absolute Gasteiger partial charge is 0.343 e. The molecule has 230 valence electrons. The molecule has 5 nitrogen and oxygen atoms in total. The lowest BCUT2D eigenvalue weighted by molar-refractivity contribution is 0.0733. The van der Waals surface area contributed by atoms with Crippen LogP contribution >= 0.6 is 0 Å². The monoisotopic (exact) mass is 592 g/mol. The Hall–Kier alpha value is -4.38. The van der Waals surface area contributed by atoms with Crippen molar-refractivity contribution >= 4 is 11.8 Å². The van der Waals surface area contributed by atoms with E-state index in [9.17, 15) is 9.59 Å². The van der Waals surface area contributed by atoms with Gasteiger partial charge in [-0.05, 0) is 117 Å². The number of hydrogen-bond donors (Lipinski definition) is 0. The van der Waals surface area contributed by atoms with Gasteiger partial charge in [0.25, 0.3) is 0 Å². The van der Waals surface area contributed by atoms with Crippen LogP contribution in [0.5, 0.6) is 23.0 Å². The molecule has 4 rings (SSSR count). The van der Waals surface area contributed by atoms with E-state index in [1.54, 1.807) is 48.5 Å². The molecule has 0 saturated carbocycles. The van der Waals surface area contributed by atoms with E-state index in [-0.39, 0.29) is 23.2 Å².